The van der Waals surface area contributed by atoms with Gasteiger partial charge in [-0.3, -0.25) is 0 Å². The van der Waals surface area contributed by atoms with Crippen molar-refractivity contribution in [3.05, 3.63) is 36.4 Å². The Morgan fingerprint density at radius 3 is 2.36 bits per heavy atom. The summed E-state index contributed by atoms with van der Waals surface area (Å²) in [5.41, 5.74) is 0. The van der Waals surface area contributed by atoms with Crippen molar-refractivity contribution < 1.29 is 23.0 Å². The molecule has 0 heterocycles. The molecule has 0 saturated heterocycles. The summed E-state index contributed by atoms with van der Waals surface area (Å²) >= 11 is 1.21. The van der Waals surface area contributed by atoms with Gasteiger partial charge in [0.15, 0.2) is 0 Å². The first-order chi connectivity index (χ1) is 6.29. The maximum Gasteiger partial charge on any atom is -0.147 e. The SMILES string of the molecule is COc1ccc2c[c]([Zn])ccc2c1.Cl. The van der Waals surface area contributed by atoms with Gasteiger partial charge in [0, 0.05) is 0 Å². The number of ether oxygens (including phenoxy) is 1. The van der Waals surface area contributed by atoms with Crippen molar-refractivity contribution >= 4 is 27.3 Å². The third-order valence-corrected chi connectivity index (χ3v) is 3.03. The molecule has 0 aliphatic carbocycles. The van der Waals surface area contributed by atoms with Crippen LogP contribution in [0, 0.1) is 0 Å². The van der Waals surface area contributed by atoms with E-state index >= 15 is 0 Å². The molecular weight excluding hydrogens is 249 g/mol. The third kappa shape index (κ3) is 2.26. The van der Waals surface area contributed by atoms with E-state index < -0.39 is 0 Å². The monoisotopic (exact) mass is 257 g/mol. The number of hydrogen-bond donors (Lipinski definition) is 0. The summed E-state index contributed by atoms with van der Waals surface area (Å²) in [6, 6.07) is 12.7. The fourth-order valence-corrected chi connectivity index (χ4v) is 2.11. The predicted molar refractivity (Wildman–Crippen MR) is 57.4 cm³/mol. The zero-order chi connectivity index (χ0) is 9.26. The van der Waals surface area contributed by atoms with Crippen LogP contribution >= 0.6 is 12.4 Å². The molecule has 1 nitrogen and oxygen atoms in total. The summed E-state index contributed by atoms with van der Waals surface area (Å²) in [6.07, 6.45) is 0. The molecule has 0 amide bonds. The Morgan fingerprint density at radius 1 is 1.00 bits per heavy atom. The molecule has 3 heteroatoms. The van der Waals surface area contributed by atoms with Crippen molar-refractivity contribution in [1.82, 2.24) is 0 Å². The minimum Gasteiger partial charge on any atom is -0.147 e. The Kier molecular flexibility index (Phi) is 3.91. The second-order valence-corrected chi connectivity index (χ2v) is 4.76. The molecule has 0 aromatic heterocycles. The largest absolute Gasteiger partial charge is 0.147 e. The van der Waals surface area contributed by atoms with E-state index in [2.05, 4.69) is 30.3 Å². The minimum absolute atomic E-state index is 0. The number of halogens is 1. The Hall–Kier alpha value is -0.587. The van der Waals surface area contributed by atoms with Crippen molar-refractivity contribution in [2.45, 2.75) is 0 Å². The number of benzene rings is 2. The van der Waals surface area contributed by atoms with E-state index in [4.69, 9.17) is 4.74 Å². The first kappa shape index (κ1) is 11.5. The van der Waals surface area contributed by atoms with Gasteiger partial charge in [-0.15, -0.1) is 12.4 Å². The van der Waals surface area contributed by atoms with Crippen molar-refractivity contribution in [1.29, 1.82) is 0 Å². The second-order valence-electron chi connectivity index (χ2n) is 3.05. The van der Waals surface area contributed by atoms with E-state index in [9.17, 15) is 0 Å². The fraction of sp³-hybridized carbons (Fsp3) is 0.0909. The Morgan fingerprint density at radius 2 is 1.64 bits per heavy atom. The van der Waals surface area contributed by atoms with Gasteiger partial charge in [0.05, 0.1) is 0 Å². The van der Waals surface area contributed by atoms with E-state index in [0.29, 0.717) is 0 Å². The Balaban J connectivity index is 0.000000980. The van der Waals surface area contributed by atoms with Crippen LogP contribution in [0.25, 0.3) is 10.8 Å². The van der Waals surface area contributed by atoms with Crippen LogP contribution in [0.4, 0.5) is 0 Å². The maximum atomic E-state index is 5.16. The Labute approximate surface area is 99.5 Å². The molecule has 2 aromatic rings. The second kappa shape index (κ2) is 4.77. The van der Waals surface area contributed by atoms with Crippen LogP contribution in [0.1, 0.15) is 0 Å². The van der Waals surface area contributed by atoms with Crippen LogP contribution in [-0.4, -0.2) is 7.11 Å². The number of methoxy groups -OCH3 is 1. The molecule has 2 rings (SSSR count). The number of fused-ring (bicyclic) bond motifs is 1. The molecule has 14 heavy (non-hydrogen) atoms. The molecule has 2 aromatic carbocycles. The fourth-order valence-electron chi connectivity index (χ4n) is 1.40. The van der Waals surface area contributed by atoms with Crippen LogP contribution in [0.3, 0.4) is 0 Å². The van der Waals surface area contributed by atoms with Crippen molar-refractivity contribution in [3.63, 3.8) is 0 Å². The van der Waals surface area contributed by atoms with E-state index in [1.54, 1.807) is 7.11 Å². The molecule has 69 valence electrons. The molecule has 0 atom stereocenters. The van der Waals surface area contributed by atoms with E-state index in [1.807, 2.05) is 6.07 Å². The van der Waals surface area contributed by atoms with Gasteiger partial charge in [-0.05, 0) is 0 Å². The summed E-state index contributed by atoms with van der Waals surface area (Å²) < 4.78 is 6.57. The van der Waals surface area contributed by atoms with Gasteiger partial charge >= 0.3 is 87.2 Å². The van der Waals surface area contributed by atoms with Crippen LogP contribution in [-0.2, 0) is 18.3 Å². The van der Waals surface area contributed by atoms with Crippen molar-refractivity contribution in [3.8, 4) is 5.75 Å². The van der Waals surface area contributed by atoms with Gasteiger partial charge in [-0.1, -0.05) is 0 Å². The van der Waals surface area contributed by atoms with Crippen LogP contribution in [0.5, 0.6) is 5.75 Å². The van der Waals surface area contributed by atoms with E-state index in [0.717, 1.165) is 5.75 Å². The van der Waals surface area contributed by atoms with Gasteiger partial charge < -0.3 is 0 Å². The Bertz CT molecular complexity index is 442. The van der Waals surface area contributed by atoms with Gasteiger partial charge in [-0.25, -0.2) is 0 Å². The quantitative estimate of drug-likeness (QED) is 0.715. The van der Waals surface area contributed by atoms with Crippen LogP contribution < -0.4 is 8.89 Å². The third-order valence-electron chi connectivity index (χ3n) is 2.11. The number of rotatable bonds is 1. The summed E-state index contributed by atoms with van der Waals surface area (Å²) in [5.74, 6) is 0.923. The van der Waals surface area contributed by atoms with E-state index in [-0.39, 0.29) is 12.4 Å². The summed E-state index contributed by atoms with van der Waals surface area (Å²) in [5, 5.41) is 2.54. The summed E-state index contributed by atoms with van der Waals surface area (Å²) in [4.78, 5) is 0. The van der Waals surface area contributed by atoms with Gasteiger partial charge in [0.1, 0.15) is 0 Å². The first-order valence-electron chi connectivity index (χ1n) is 4.19. The maximum absolute atomic E-state index is 5.16. The first-order valence-corrected chi connectivity index (χ1v) is 5.68. The summed E-state index contributed by atoms with van der Waals surface area (Å²) in [6.45, 7) is 0. The molecule has 0 bridgehead atoms. The number of hydrogen-bond acceptors (Lipinski definition) is 1. The van der Waals surface area contributed by atoms with Crippen LogP contribution in [0.2, 0.25) is 0 Å². The molecule has 0 unspecified atom stereocenters. The summed E-state index contributed by atoms with van der Waals surface area (Å²) in [7, 11) is 1.70. The average Bonchev–Trinajstić information content (AvgIpc) is 2.17. The normalized spacial score (nSPS) is 9.64. The minimum atomic E-state index is 0. The zero-order valence-electron chi connectivity index (χ0n) is 7.99. The smallest absolute Gasteiger partial charge is 0.147 e. The zero-order valence-corrected chi connectivity index (χ0v) is 11.8. The topological polar surface area (TPSA) is 9.23 Å². The molecule has 0 saturated carbocycles. The van der Waals surface area contributed by atoms with Gasteiger partial charge in [0.2, 0.25) is 0 Å². The molecule has 0 aliphatic heterocycles. The van der Waals surface area contributed by atoms with Crippen LogP contribution in [0.15, 0.2) is 36.4 Å². The standard InChI is InChI=1S/C11H9O.ClH.Zn/c1-12-11-7-6-9-4-2-3-5-10(9)8-11;;/h3-8H,1H3;1H;. The van der Waals surface area contributed by atoms with E-state index in [1.165, 1.54) is 33.2 Å². The molecule has 0 spiro atoms. The van der Waals surface area contributed by atoms with Crippen molar-refractivity contribution in [2.24, 2.45) is 0 Å². The molecule has 0 radical (unpaired) electrons. The molecular formula is C11H10ClOZn. The molecule has 0 N–H and O–H groups in total. The average molecular weight is 259 g/mol. The molecule has 0 fully saturated rings. The molecule has 0 aliphatic rings. The van der Waals surface area contributed by atoms with Crippen molar-refractivity contribution in [2.75, 3.05) is 7.11 Å². The van der Waals surface area contributed by atoms with Gasteiger partial charge in [-0.2, -0.15) is 0 Å². The predicted octanol–water partition coefficient (Wildman–Crippen LogP) is 2.44. The van der Waals surface area contributed by atoms with Gasteiger partial charge in [0.25, 0.3) is 0 Å².